The van der Waals surface area contributed by atoms with Crippen molar-refractivity contribution in [2.75, 3.05) is 13.7 Å². The number of ether oxygens (including phenoxy) is 6. The lowest BCUT2D eigenvalue weighted by atomic mass is 9.86. The molecule has 0 bridgehead atoms. The highest BCUT2D eigenvalue weighted by Crippen LogP contribution is 2.44. The van der Waals surface area contributed by atoms with E-state index in [1.807, 2.05) is 80.6 Å². The topological polar surface area (TPSA) is 55.4 Å². The molecule has 0 unspecified atom stereocenters. The van der Waals surface area contributed by atoms with Crippen LogP contribution in [0.1, 0.15) is 47.2 Å². The molecule has 1 fully saturated rings. The molecule has 0 aliphatic carbocycles. The van der Waals surface area contributed by atoms with Crippen LogP contribution in [0.5, 0.6) is 5.75 Å². The Morgan fingerprint density at radius 1 is 0.571 bits per heavy atom. The lowest BCUT2D eigenvalue weighted by Gasteiger charge is -2.51. The second-order valence-electron chi connectivity index (χ2n) is 12.4. The smallest absolute Gasteiger partial charge is 0.224 e. The molecule has 0 N–H and O–H groups in total. The van der Waals surface area contributed by atoms with Crippen LogP contribution in [0.25, 0.3) is 0 Å². The molecule has 5 aromatic carbocycles. The standard InChI is InChI=1S/C43H46O6/c1-4-45-39-25-23-33(24-26-39)27-37-21-14-22-38(28-37)43(44-3)42(48-31-36-19-12-7-13-20-36)41(47-30-35-17-10-6-11-18-35)40(32(2)49-43)46-29-34-15-8-5-9-16-34/h5-26,28,32,40-42H,4,27,29-31H2,1-3H3/t32-,40-,41+,42-,43+/m1/s1. The van der Waals surface area contributed by atoms with E-state index >= 15 is 0 Å². The zero-order valence-electron chi connectivity index (χ0n) is 28.6. The summed E-state index contributed by atoms with van der Waals surface area (Å²) in [7, 11) is 1.68. The molecule has 0 aromatic heterocycles. The van der Waals surface area contributed by atoms with Crippen LogP contribution < -0.4 is 4.74 Å². The largest absolute Gasteiger partial charge is 0.494 e. The van der Waals surface area contributed by atoms with Crippen LogP contribution in [0.3, 0.4) is 0 Å². The summed E-state index contributed by atoms with van der Waals surface area (Å²) in [4.78, 5) is 0. The molecule has 0 saturated carbocycles. The van der Waals surface area contributed by atoms with E-state index < -0.39 is 30.2 Å². The van der Waals surface area contributed by atoms with Crippen molar-refractivity contribution in [1.29, 1.82) is 0 Å². The Balaban J connectivity index is 1.36. The normalized spacial score (nSPS) is 22.1. The summed E-state index contributed by atoms with van der Waals surface area (Å²) >= 11 is 0. The van der Waals surface area contributed by atoms with Gasteiger partial charge in [0.15, 0.2) is 0 Å². The predicted octanol–water partition coefficient (Wildman–Crippen LogP) is 8.65. The van der Waals surface area contributed by atoms with Crippen molar-refractivity contribution in [2.45, 2.75) is 70.3 Å². The maximum absolute atomic E-state index is 6.97. The molecular formula is C43H46O6. The minimum atomic E-state index is -1.28. The first kappa shape index (κ1) is 34.6. The first-order valence-electron chi connectivity index (χ1n) is 17.1. The summed E-state index contributed by atoms with van der Waals surface area (Å²) in [5.41, 5.74) is 6.34. The van der Waals surface area contributed by atoms with E-state index in [4.69, 9.17) is 28.4 Å². The lowest BCUT2D eigenvalue weighted by Crippen LogP contribution is -2.64. The van der Waals surface area contributed by atoms with E-state index in [0.717, 1.165) is 40.0 Å². The van der Waals surface area contributed by atoms with Gasteiger partial charge in [-0.15, -0.1) is 0 Å². The van der Waals surface area contributed by atoms with Gasteiger partial charge in [0, 0.05) is 12.7 Å². The monoisotopic (exact) mass is 658 g/mol. The van der Waals surface area contributed by atoms with Crippen molar-refractivity contribution in [3.05, 3.63) is 173 Å². The van der Waals surface area contributed by atoms with Crippen molar-refractivity contribution in [1.82, 2.24) is 0 Å². The zero-order chi connectivity index (χ0) is 33.9. The molecule has 0 radical (unpaired) electrons. The Kier molecular flexibility index (Phi) is 11.9. The summed E-state index contributed by atoms with van der Waals surface area (Å²) < 4.78 is 39.5. The molecule has 49 heavy (non-hydrogen) atoms. The van der Waals surface area contributed by atoms with Gasteiger partial charge < -0.3 is 28.4 Å². The molecular weight excluding hydrogens is 612 g/mol. The van der Waals surface area contributed by atoms with E-state index in [2.05, 4.69) is 72.8 Å². The predicted molar refractivity (Wildman–Crippen MR) is 191 cm³/mol. The van der Waals surface area contributed by atoms with Crippen LogP contribution in [0, 0.1) is 0 Å². The van der Waals surface area contributed by atoms with Gasteiger partial charge in [0.05, 0.1) is 32.5 Å². The number of rotatable bonds is 15. The number of benzene rings is 5. The Morgan fingerprint density at radius 3 is 1.65 bits per heavy atom. The first-order valence-corrected chi connectivity index (χ1v) is 17.1. The fourth-order valence-corrected chi connectivity index (χ4v) is 6.50. The maximum atomic E-state index is 6.97. The molecule has 5 atom stereocenters. The SMILES string of the molecule is CCOc1ccc(Cc2cccc([C@]3(OC)O[C@H](C)[C@@H](OCc4ccccc4)[C@H](OCc4ccccc4)[C@H]3OCc3ccccc3)c2)cc1. The van der Waals surface area contributed by atoms with Crippen molar-refractivity contribution < 1.29 is 28.4 Å². The van der Waals surface area contributed by atoms with E-state index in [1.54, 1.807) is 7.11 Å². The van der Waals surface area contributed by atoms with E-state index in [1.165, 1.54) is 5.56 Å². The highest BCUT2D eigenvalue weighted by molar-refractivity contribution is 5.35. The Morgan fingerprint density at radius 2 is 1.10 bits per heavy atom. The summed E-state index contributed by atoms with van der Waals surface area (Å²) in [6.07, 6.45) is -1.32. The van der Waals surface area contributed by atoms with E-state index in [0.29, 0.717) is 26.4 Å². The zero-order valence-corrected chi connectivity index (χ0v) is 28.6. The second kappa shape index (κ2) is 16.9. The van der Waals surface area contributed by atoms with Crippen molar-refractivity contribution in [3.8, 4) is 5.75 Å². The molecule has 6 rings (SSSR count). The van der Waals surface area contributed by atoms with Gasteiger partial charge in [-0.2, -0.15) is 0 Å². The Hall–Kier alpha value is -4.30. The van der Waals surface area contributed by atoms with Gasteiger partial charge in [-0.25, -0.2) is 0 Å². The van der Waals surface area contributed by atoms with Gasteiger partial charge in [-0.1, -0.05) is 121 Å². The third kappa shape index (κ3) is 8.66. The molecule has 254 valence electrons. The number of methoxy groups -OCH3 is 1. The van der Waals surface area contributed by atoms with Crippen molar-refractivity contribution in [2.24, 2.45) is 0 Å². The van der Waals surface area contributed by atoms with Crippen LogP contribution >= 0.6 is 0 Å². The van der Waals surface area contributed by atoms with Crippen molar-refractivity contribution in [3.63, 3.8) is 0 Å². The number of hydrogen-bond acceptors (Lipinski definition) is 6. The van der Waals surface area contributed by atoms with Crippen LogP contribution in [0.15, 0.2) is 140 Å². The summed E-state index contributed by atoms with van der Waals surface area (Å²) in [5.74, 6) is -0.413. The minimum Gasteiger partial charge on any atom is -0.494 e. The quantitative estimate of drug-likeness (QED) is 0.112. The van der Waals surface area contributed by atoms with Gasteiger partial charge >= 0.3 is 0 Å². The van der Waals surface area contributed by atoms with Gasteiger partial charge in [0.2, 0.25) is 5.79 Å². The van der Waals surface area contributed by atoms with E-state index in [9.17, 15) is 0 Å². The maximum Gasteiger partial charge on any atom is 0.224 e. The highest BCUT2D eigenvalue weighted by Gasteiger charge is 2.57. The molecule has 6 heteroatoms. The number of hydrogen-bond donors (Lipinski definition) is 0. The third-order valence-corrected chi connectivity index (χ3v) is 8.94. The molecule has 1 aliphatic heterocycles. The van der Waals surface area contributed by atoms with E-state index in [-0.39, 0.29) is 0 Å². The molecule has 0 amide bonds. The van der Waals surface area contributed by atoms with Crippen LogP contribution in [-0.2, 0) is 55.7 Å². The highest BCUT2D eigenvalue weighted by atomic mass is 16.7. The third-order valence-electron chi connectivity index (χ3n) is 8.94. The molecule has 1 saturated heterocycles. The van der Waals surface area contributed by atoms with Gasteiger partial charge in [0.1, 0.15) is 24.1 Å². The fourth-order valence-electron chi connectivity index (χ4n) is 6.50. The molecule has 1 aliphatic rings. The molecule has 5 aromatic rings. The average molecular weight is 659 g/mol. The van der Waals surface area contributed by atoms with Gasteiger partial charge in [-0.05, 0) is 66.3 Å². The lowest BCUT2D eigenvalue weighted by molar-refractivity contribution is -0.379. The van der Waals surface area contributed by atoms with Gasteiger partial charge in [-0.3, -0.25) is 0 Å². The molecule has 0 spiro atoms. The van der Waals surface area contributed by atoms with Gasteiger partial charge in [0.25, 0.3) is 0 Å². The summed E-state index contributed by atoms with van der Waals surface area (Å²) in [5, 5.41) is 0. The van der Waals surface area contributed by atoms with Crippen LogP contribution in [-0.4, -0.2) is 38.1 Å². The van der Waals surface area contributed by atoms with Crippen LogP contribution in [0.2, 0.25) is 0 Å². The van der Waals surface area contributed by atoms with Crippen LogP contribution in [0.4, 0.5) is 0 Å². The Labute approximate surface area is 290 Å². The second-order valence-corrected chi connectivity index (χ2v) is 12.4. The average Bonchev–Trinajstić information content (AvgIpc) is 3.15. The first-order chi connectivity index (χ1) is 24.1. The summed E-state index contributed by atoms with van der Waals surface area (Å²) in [6, 6.07) is 47.1. The minimum absolute atomic E-state index is 0.344. The molecule has 6 nitrogen and oxygen atoms in total. The Bertz CT molecular complexity index is 1700. The molecule has 1 heterocycles. The summed E-state index contributed by atoms with van der Waals surface area (Å²) in [6.45, 7) is 5.79. The van der Waals surface area contributed by atoms with Crippen molar-refractivity contribution >= 4 is 0 Å². The fraction of sp³-hybridized carbons (Fsp3) is 0.302.